The van der Waals surface area contributed by atoms with Gasteiger partial charge in [0.05, 0.1) is 5.56 Å². The number of rotatable bonds is 7. The van der Waals surface area contributed by atoms with Crippen LogP contribution in [0, 0.1) is 18.3 Å². The summed E-state index contributed by atoms with van der Waals surface area (Å²) in [7, 11) is 1.93. The summed E-state index contributed by atoms with van der Waals surface area (Å²) in [5.74, 6) is 2.04. The topological polar surface area (TPSA) is 54.3 Å². The van der Waals surface area contributed by atoms with Crippen molar-refractivity contribution in [1.29, 1.82) is 5.26 Å². The highest BCUT2D eigenvalue weighted by atomic mass is 16.5. The molecular formula is C24H24N2O2. The summed E-state index contributed by atoms with van der Waals surface area (Å²) >= 11 is 0. The van der Waals surface area contributed by atoms with Crippen molar-refractivity contribution >= 4 is 5.69 Å². The molecule has 0 saturated carbocycles. The van der Waals surface area contributed by atoms with Gasteiger partial charge in [0.2, 0.25) is 0 Å². The molecule has 0 aromatic heterocycles. The molecule has 28 heavy (non-hydrogen) atoms. The summed E-state index contributed by atoms with van der Waals surface area (Å²) in [5.41, 5.74) is 5.03. The number of aryl methyl sites for hydroxylation is 2. The zero-order valence-electron chi connectivity index (χ0n) is 16.5. The number of benzene rings is 3. The normalized spacial score (nSPS) is 10.2. The fourth-order valence-corrected chi connectivity index (χ4v) is 3.14. The number of hydrogen-bond acceptors (Lipinski definition) is 4. The molecule has 0 saturated heterocycles. The van der Waals surface area contributed by atoms with Crippen molar-refractivity contribution in [2.75, 3.05) is 12.4 Å². The third-order valence-electron chi connectivity index (χ3n) is 4.68. The van der Waals surface area contributed by atoms with Crippen LogP contribution >= 0.6 is 0 Å². The Hall–Kier alpha value is -3.45. The van der Waals surface area contributed by atoms with Gasteiger partial charge in [-0.15, -0.1) is 0 Å². The Morgan fingerprint density at radius 1 is 1.00 bits per heavy atom. The zero-order chi connectivity index (χ0) is 19.9. The van der Waals surface area contributed by atoms with Crippen molar-refractivity contribution in [1.82, 2.24) is 0 Å². The van der Waals surface area contributed by atoms with Crippen LogP contribution in [0.15, 0.2) is 60.7 Å². The predicted octanol–water partition coefficient (Wildman–Crippen LogP) is 5.84. The van der Waals surface area contributed by atoms with E-state index >= 15 is 0 Å². The number of nitrogens with one attached hydrogen (secondary N) is 1. The van der Waals surface area contributed by atoms with Crippen LogP contribution in [-0.2, 0) is 13.0 Å². The SMILES string of the molecule is CCc1cccc(NC)c1COc1ccc(Oc2ccccc2C#N)cc1C. The molecule has 0 aliphatic heterocycles. The Labute approximate surface area is 166 Å². The van der Waals surface area contributed by atoms with E-state index in [-0.39, 0.29) is 0 Å². The van der Waals surface area contributed by atoms with E-state index < -0.39 is 0 Å². The molecule has 0 unspecified atom stereocenters. The first-order valence-corrected chi connectivity index (χ1v) is 9.35. The maximum Gasteiger partial charge on any atom is 0.145 e. The van der Waals surface area contributed by atoms with Crippen LogP contribution in [0.3, 0.4) is 0 Å². The van der Waals surface area contributed by atoms with Crippen molar-refractivity contribution < 1.29 is 9.47 Å². The molecule has 0 amide bonds. The number of nitriles is 1. The van der Waals surface area contributed by atoms with E-state index in [0.717, 1.165) is 23.4 Å². The maximum atomic E-state index is 9.20. The second-order valence-electron chi connectivity index (χ2n) is 6.47. The van der Waals surface area contributed by atoms with E-state index in [2.05, 4.69) is 36.5 Å². The van der Waals surface area contributed by atoms with Crippen LogP contribution in [0.2, 0.25) is 0 Å². The van der Waals surface area contributed by atoms with Gasteiger partial charge in [-0.25, -0.2) is 0 Å². The molecule has 3 rings (SSSR count). The molecule has 4 nitrogen and oxygen atoms in total. The van der Waals surface area contributed by atoms with E-state index in [1.807, 2.05) is 44.3 Å². The number of para-hydroxylation sites is 1. The molecule has 0 aliphatic rings. The third kappa shape index (κ3) is 4.27. The highest BCUT2D eigenvalue weighted by Crippen LogP contribution is 2.30. The minimum absolute atomic E-state index is 0.499. The monoisotopic (exact) mass is 372 g/mol. The average molecular weight is 372 g/mol. The molecule has 0 atom stereocenters. The maximum absolute atomic E-state index is 9.20. The summed E-state index contributed by atoms with van der Waals surface area (Å²) in [5, 5.41) is 12.4. The van der Waals surface area contributed by atoms with Crippen LogP contribution in [-0.4, -0.2) is 7.05 Å². The molecule has 0 heterocycles. The zero-order valence-corrected chi connectivity index (χ0v) is 16.5. The highest BCUT2D eigenvalue weighted by molar-refractivity contribution is 5.54. The fraction of sp³-hybridized carbons (Fsp3) is 0.208. The van der Waals surface area contributed by atoms with Crippen LogP contribution in [0.25, 0.3) is 0 Å². The molecule has 142 valence electrons. The largest absolute Gasteiger partial charge is 0.489 e. The number of hydrogen-bond donors (Lipinski definition) is 1. The molecule has 0 aliphatic carbocycles. The lowest BCUT2D eigenvalue weighted by Crippen LogP contribution is -2.05. The summed E-state index contributed by atoms with van der Waals surface area (Å²) < 4.78 is 12.0. The molecular weight excluding hydrogens is 348 g/mol. The second-order valence-corrected chi connectivity index (χ2v) is 6.47. The van der Waals surface area contributed by atoms with E-state index in [4.69, 9.17) is 9.47 Å². The van der Waals surface area contributed by atoms with Gasteiger partial charge in [0.1, 0.15) is 29.9 Å². The first-order valence-electron chi connectivity index (χ1n) is 9.35. The van der Waals surface area contributed by atoms with Gasteiger partial charge in [0, 0.05) is 18.3 Å². The Kier molecular flexibility index (Phi) is 6.18. The molecule has 3 aromatic carbocycles. The quantitative estimate of drug-likeness (QED) is 0.566. The fourth-order valence-electron chi connectivity index (χ4n) is 3.14. The third-order valence-corrected chi connectivity index (χ3v) is 4.68. The molecule has 1 N–H and O–H groups in total. The standard InChI is InChI=1S/C24H24N2O2/c1-4-18-9-7-10-22(26-3)21(18)16-27-23-13-12-20(14-17(23)2)28-24-11-6-5-8-19(24)15-25/h5-14,26H,4,16H2,1-3H3. The van der Waals surface area contributed by atoms with Gasteiger partial charge in [0.25, 0.3) is 0 Å². The molecule has 0 fully saturated rings. The average Bonchev–Trinajstić information content (AvgIpc) is 2.73. The Morgan fingerprint density at radius 2 is 1.82 bits per heavy atom. The van der Waals surface area contributed by atoms with Crippen molar-refractivity contribution in [3.63, 3.8) is 0 Å². The van der Waals surface area contributed by atoms with Crippen molar-refractivity contribution in [2.24, 2.45) is 0 Å². The summed E-state index contributed by atoms with van der Waals surface area (Å²) in [6, 6.07) is 21.3. The lowest BCUT2D eigenvalue weighted by atomic mass is 10.0. The highest BCUT2D eigenvalue weighted by Gasteiger charge is 2.10. The first kappa shape index (κ1) is 19.3. The molecule has 0 radical (unpaired) electrons. The van der Waals surface area contributed by atoms with Crippen LogP contribution in [0.1, 0.15) is 29.2 Å². The molecule has 4 heteroatoms. The van der Waals surface area contributed by atoms with Gasteiger partial charge in [-0.05, 0) is 60.9 Å². The second kappa shape index (κ2) is 8.96. The first-order chi connectivity index (χ1) is 13.7. The minimum atomic E-state index is 0.499. The van der Waals surface area contributed by atoms with Gasteiger partial charge in [0.15, 0.2) is 0 Å². The number of nitrogens with zero attached hydrogens (tertiary/aromatic N) is 1. The summed E-state index contributed by atoms with van der Waals surface area (Å²) in [6.07, 6.45) is 0.957. The van der Waals surface area contributed by atoms with Gasteiger partial charge < -0.3 is 14.8 Å². The van der Waals surface area contributed by atoms with E-state index in [1.165, 1.54) is 11.1 Å². The van der Waals surface area contributed by atoms with Crippen LogP contribution in [0.4, 0.5) is 5.69 Å². The molecule has 3 aromatic rings. The lowest BCUT2D eigenvalue weighted by Gasteiger charge is -2.16. The van der Waals surface area contributed by atoms with Crippen molar-refractivity contribution in [3.8, 4) is 23.3 Å². The lowest BCUT2D eigenvalue weighted by molar-refractivity contribution is 0.303. The number of ether oxygens (including phenoxy) is 2. The van der Waals surface area contributed by atoms with Crippen LogP contribution < -0.4 is 14.8 Å². The van der Waals surface area contributed by atoms with Crippen LogP contribution in [0.5, 0.6) is 17.2 Å². The van der Waals surface area contributed by atoms with E-state index in [0.29, 0.717) is 23.7 Å². The summed E-state index contributed by atoms with van der Waals surface area (Å²) in [6.45, 7) is 4.64. The van der Waals surface area contributed by atoms with Crippen molar-refractivity contribution in [2.45, 2.75) is 26.9 Å². The van der Waals surface area contributed by atoms with Gasteiger partial charge in [-0.2, -0.15) is 5.26 Å². The van der Waals surface area contributed by atoms with Gasteiger partial charge >= 0.3 is 0 Å². The van der Waals surface area contributed by atoms with E-state index in [9.17, 15) is 5.26 Å². The molecule has 0 bridgehead atoms. The Morgan fingerprint density at radius 3 is 2.54 bits per heavy atom. The Balaban J connectivity index is 1.76. The van der Waals surface area contributed by atoms with Crippen molar-refractivity contribution in [3.05, 3.63) is 82.9 Å². The number of anilines is 1. The van der Waals surface area contributed by atoms with E-state index in [1.54, 1.807) is 12.1 Å². The smallest absolute Gasteiger partial charge is 0.145 e. The molecule has 0 spiro atoms. The Bertz CT molecular complexity index is 983. The predicted molar refractivity (Wildman–Crippen MR) is 112 cm³/mol. The minimum Gasteiger partial charge on any atom is -0.489 e. The van der Waals surface area contributed by atoms with Gasteiger partial charge in [-0.3, -0.25) is 0 Å². The van der Waals surface area contributed by atoms with Gasteiger partial charge in [-0.1, -0.05) is 31.2 Å². The summed E-state index contributed by atoms with van der Waals surface area (Å²) in [4.78, 5) is 0.